The molecule has 0 aliphatic heterocycles. The van der Waals surface area contributed by atoms with Gasteiger partial charge in [-0.15, -0.1) is 0 Å². The molecule has 8 heteroatoms. The molecule has 0 bridgehead atoms. The van der Waals surface area contributed by atoms with Crippen molar-refractivity contribution in [1.82, 2.24) is 10.6 Å². The second-order valence-corrected chi connectivity index (χ2v) is 6.77. The van der Waals surface area contributed by atoms with Crippen molar-refractivity contribution in [3.63, 3.8) is 0 Å². The highest BCUT2D eigenvalue weighted by atomic mass is 16.6. The first-order valence-corrected chi connectivity index (χ1v) is 7.78. The lowest BCUT2D eigenvalue weighted by Gasteiger charge is -2.28. The molecule has 132 valence electrons. The van der Waals surface area contributed by atoms with Gasteiger partial charge in [0.25, 0.3) is 0 Å². The number of aliphatic carboxylic acids is 1. The molecule has 0 spiro atoms. The molecule has 23 heavy (non-hydrogen) atoms. The summed E-state index contributed by atoms with van der Waals surface area (Å²) >= 11 is 0. The van der Waals surface area contributed by atoms with Gasteiger partial charge in [-0.05, 0) is 33.6 Å². The standard InChI is InChI=1S/C15H26N2O6/c1-15(2,3)23-14(22)17-10(13(20)21)8-12(19)16-9-6-4-5-7-11(9)18/h9-11,18H,4-8H2,1-3H3,(H,16,19)(H,17,22)(H,20,21)/t9-,10-,11-/m1/s1. The Labute approximate surface area is 135 Å². The van der Waals surface area contributed by atoms with Crippen molar-refractivity contribution in [3.05, 3.63) is 0 Å². The van der Waals surface area contributed by atoms with Crippen LogP contribution in [0.3, 0.4) is 0 Å². The van der Waals surface area contributed by atoms with Crippen molar-refractivity contribution in [2.75, 3.05) is 0 Å². The summed E-state index contributed by atoms with van der Waals surface area (Å²) in [7, 11) is 0. The first-order chi connectivity index (χ1) is 10.6. The number of nitrogens with one attached hydrogen (secondary N) is 2. The maximum atomic E-state index is 12.0. The van der Waals surface area contributed by atoms with Crippen LogP contribution in [0.25, 0.3) is 0 Å². The Morgan fingerprint density at radius 1 is 1.22 bits per heavy atom. The third-order valence-corrected chi connectivity index (χ3v) is 3.45. The van der Waals surface area contributed by atoms with Crippen LogP contribution in [0.4, 0.5) is 4.79 Å². The maximum Gasteiger partial charge on any atom is 0.408 e. The van der Waals surface area contributed by atoms with Crippen molar-refractivity contribution in [1.29, 1.82) is 0 Å². The van der Waals surface area contributed by atoms with Gasteiger partial charge in [0.15, 0.2) is 0 Å². The predicted molar refractivity (Wildman–Crippen MR) is 81.8 cm³/mol. The van der Waals surface area contributed by atoms with E-state index in [9.17, 15) is 19.5 Å². The minimum Gasteiger partial charge on any atom is -0.480 e. The Balaban J connectivity index is 2.53. The molecule has 0 aromatic heterocycles. The van der Waals surface area contributed by atoms with Crippen molar-refractivity contribution in [2.24, 2.45) is 0 Å². The highest BCUT2D eigenvalue weighted by Crippen LogP contribution is 2.18. The Hall–Kier alpha value is -1.83. The number of rotatable bonds is 5. The molecule has 0 aromatic carbocycles. The van der Waals surface area contributed by atoms with Crippen LogP contribution in [0.1, 0.15) is 52.9 Å². The second kappa shape index (κ2) is 8.14. The number of carboxylic acid groups (broad SMARTS) is 1. The van der Waals surface area contributed by atoms with Crippen LogP contribution >= 0.6 is 0 Å². The van der Waals surface area contributed by atoms with Gasteiger partial charge in [-0.1, -0.05) is 12.8 Å². The fourth-order valence-corrected chi connectivity index (χ4v) is 2.38. The van der Waals surface area contributed by atoms with Crippen molar-refractivity contribution in [2.45, 2.75) is 76.7 Å². The zero-order valence-corrected chi connectivity index (χ0v) is 13.8. The van der Waals surface area contributed by atoms with Crippen LogP contribution in [-0.4, -0.2) is 52.0 Å². The molecular weight excluding hydrogens is 304 g/mol. The largest absolute Gasteiger partial charge is 0.480 e. The zero-order valence-electron chi connectivity index (χ0n) is 13.8. The van der Waals surface area contributed by atoms with E-state index in [1.54, 1.807) is 20.8 Å². The van der Waals surface area contributed by atoms with Gasteiger partial charge in [-0.3, -0.25) is 4.79 Å². The summed E-state index contributed by atoms with van der Waals surface area (Å²) in [5.74, 6) is -1.85. The second-order valence-electron chi connectivity index (χ2n) is 6.77. The number of carbonyl (C=O) groups excluding carboxylic acids is 2. The molecule has 1 aliphatic carbocycles. The number of hydrogen-bond acceptors (Lipinski definition) is 5. The highest BCUT2D eigenvalue weighted by Gasteiger charge is 2.29. The monoisotopic (exact) mass is 330 g/mol. The zero-order chi connectivity index (χ0) is 17.6. The molecule has 1 rings (SSSR count). The number of aliphatic hydroxyl groups is 1. The van der Waals surface area contributed by atoms with Gasteiger partial charge in [0.1, 0.15) is 11.6 Å². The van der Waals surface area contributed by atoms with Gasteiger partial charge < -0.3 is 25.6 Å². The van der Waals surface area contributed by atoms with Gasteiger partial charge in [-0.2, -0.15) is 0 Å². The number of amides is 2. The summed E-state index contributed by atoms with van der Waals surface area (Å²) in [5.41, 5.74) is -0.762. The molecule has 1 saturated carbocycles. The van der Waals surface area contributed by atoms with E-state index in [1.165, 1.54) is 0 Å². The molecule has 2 amide bonds. The summed E-state index contributed by atoms with van der Waals surface area (Å²) in [6.07, 6.45) is 1.16. The average molecular weight is 330 g/mol. The lowest BCUT2D eigenvalue weighted by Crippen LogP contribution is -2.49. The van der Waals surface area contributed by atoms with E-state index in [0.717, 1.165) is 12.8 Å². The molecule has 0 unspecified atom stereocenters. The van der Waals surface area contributed by atoms with Crippen molar-refractivity contribution >= 4 is 18.0 Å². The minimum atomic E-state index is -1.38. The number of ether oxygens (including phenoxy) is 1. The third kappa shape index (κ3) is 7.32. The predicted octanol–water partition coefficient (Wildman–Crippen LogP) is 0.774. The van der Waals surface area contributed by atoms with E-state index in [1.807, 2.05) is 0 Å². The topological polar surface area (TPSA) is 125 Å². The van der Waals surface area contributed by atoms with E-state index in [4.69, 9.17) is 9.84 Å². The molecule has 0 radical (unpaired) electrons. The smallest absolute Gasteiger partial charge is 0.408 e. The van der Waals surface area contributed by atoms with E-state index in [2.05, 4.69) is 10.6 Å². The fourth-order valence-electron chi connectivity index (χ4n) is 2.38. The Morgan fingerprint density at radius 2 is 1.83 bits per heavy atom. The molecule has 0 heterocycles. The highest BCUT2D eigenvalue weighted by molar-refractivity contribution is 5.87. The summed E-state index contributed by atoms with van der Waals surface area (Å²) in [4.78, 5) is 34.8. The minimum absolute atomic E-state index is 0.368. The summed E-state index contributed by atoms with van der Waals surface area (Å²) in [5, 5.41) is 23.7. The number of aliphatic hydroxyl groups excluding tert-OH is 1. The van der Waals surface area contributed by atoms with Crippen LogP contribution in [0, 0.1) is 0 Å². The first-order valence-electron chi connectivity index (χ1n) is 7.78. The normalized spacial score (nSPS) is 22.8. The average Bonchev–Trinajstić information content (AvgIpc) is 2.38. The van der Waals surface area contributed by atoms with Crippen LogP contribution in [0.15, 0.2) is 0 Å². The van der Waals surface area contributed by atoms with Gasteiger partial charge in [0, 0.05) is 0 Å². The van der Waals surface area contributed by atoms with Crippen LogP contribution in [-0.2, 0) is 14.3 Å². The maximum absolute atomic E-state index is 12.0. The van der Waals surface area contributed by atoms with E-state index in [-0.39, 0.29) is 6.04 Å². The van der Waals surface area contributed by atoms with Gasteiger partial charge >= 0.3 is 12.1 Å². The van der Waals surface area contributed by atoms with Crippen LogP contribution in [0.5, 0.6) is 0 Å². The van der Waals surface area contributed by atoms with E-state index >= 15 is 0 Å². The SMILES string of the molecule is CC(C)(C)OC(=O)N[C@H](CC(=O)N[C@@H]1CCCC[C@H]1O)C(=O)O. The molecule has 1 aliphatic rings. The molecular formula is C15H26N2O6. The molecule has 3 atom stereocenters. The third-order valence-electron chi connectivity index (χ3n) is 3.45. The lowest BCUT2D eigenvalue weighted by molar-refractivity contribution is -0.141. The van der Waals surface area contributed by atoms with E-state index < -0.39 is 42.1 Å². The van der Waals surface area contributed by atoms with Gasteiger partial charge in [0.2, 0.25) is 5.91 Å². The lowest BCUT2D eigenvalue weighted by atomic mass is 9.92. The molecule has 8 nitrogen and oxygen atoms in total. The van der Waals surface area contributed by atoms with Gasteiger partial charge in [-0.25, -0.2) is 9.59 Å². The van der Waals surface area contributed by atoms with Crippen molar-refractivity contribution in [3.8, 4) is 0 Å². The first kappa shape index (κ1) is 19.2. The Bertz CT molecular complexity index is 446. The molecule has 0 aromatic rings. The Morgan fingerprint density at radius 3 is 2.35 bits per heavy atom. The summed E-state index contributed by atoms with van der Waals surface area (Å²) in [6.45, 7) is 4.96. The fraction of sp³-hybridized carbons (Fsp3) is 0.800. The van der Waals surface area contributed by atoms with E-state index in [0.29, 0.717) is 12.8 Å². The Kier molecular flexibility index (Phi) is 6.80. The van der Waals surface area contributed by atoms with Crippen LogP contribution in [0.2, 0.25) is 0 Å². The number of carboxylic acids is 1. The van der Waals surface area contributed by atoms with Crippen LogP contribution < -0.4 is 10.6 Å². The molecule has 0 saturated heterocycles. The number of carbonyl (C=O) groups is 3. The molecule has 1 fully saturated rings. The quantitative estimate of drug-likeness (QED) is 0.590. The van der Waals surface area contributed by atoms with Crippen molar-refractivity contribution < 1.29 is 29.3 Å². The number of hydrogen-bond donors (Lipinski definition) is 4. The molecule has 4 N–H and O–H groups in total. The van der Waals surface area contributed by atoms with Gasteiger partial charge in [0.05, 0.1) is 18.6 Å². The number of alkyl carbamates (subject to hydrolysis) is 1. The summed E-state index contributed by atoms with van der Waals surface area (Å²) < 4.78 is 4.98. The summed E-state index contributed by atoms with van der Waals surface area (Å²) in [6, 6.07) is -1.75.